The van der Waals surface area contributed by atoms with Crippen molar-refractivity contribution in [1.82, 2.24) is 0 Å². The first kappa shape index (κ1) is 11.7. The van der Waals surface area contributed by atoms with Crippen molar-refractivity contribution < 1.29 is 19.0 Å². The van der Waals surface area contributed by atoms with Crippen molar-refractivity contribution >= 4 is 5.97 Å². The van der Waals surface area contributed by atoms with Crippen LogP contribution in [0.2, 0.25) is 0 Å². The molecule has 0 fully saturated rings. The van der Waals surface area contributed by atoms with E-state index >= 15 is 0 Å². The predicted molar refractivity (Wildman–Crippen MR) is 52.8 cm³/mol. The highest BCUT2D eigenvalue weighted by Gasteiger charge is 2.18. The van der Waals surface area contributed by atoms with Gasteiger partial charge in [0.05, 0.1) is 6.61 Å². The van der Waals surface area contributed by atoms with Gasteiger partial charge in [-0.1, -0.05) is 18.2 Å². The molecule has 15 heavy (non-hydrogen) atoms. The molecule has 0 aliphatic heterocycles. The van der Waals surface area contributed by atoms with Crippen molar-refractivity contribution in [2.45, 2.75) is 19.7 Å². The molecule has 4 heteroatoms. The lowest BCUT2D eigenvalue weighted by Crippen LogP contribution is -2.15. The molecular weight excluding hydrogens is 199 g/mol. The maximum atomic E-state index is 12.3. The van der Waals surface area contributed by atoms with Gasteiger partial charge in [0.2, 0.25) is 0 Å². The van der Waals surface area contributed by atoms with Crippen LogP contribution in [0.5, 0.6) is 0 Å². The second-order valence-electron chi connectivity index (χ2n) is 3.03. The molecule has 0 aliphatic carbocycles. The van der Waals surface area contributed by atoms with Crippen LogP contribution in [0.15, 0.2) is 24.3 Å². The van der Waals surface area contributed by atoms with E-state index in [1.165, 1.54) is 6.07 Å². The van der Waals surface area contributed by atoms with Gasteiger partial charge in [-0.2, -0.15) is 0 Å². The zero-order chi connectivity index (χ0) is 11.3. The van der Waals surface area contributed by atoms with Crippen molar-refractivity contribution in [2.75, 3.05) is 6.61 Å². The van der Waals surface area contributed by atoms with Crippen molar-refractivity contribution in [3.05, 3.63) is 35.4 Å². The minimum Gasteiger partial charge on any atom is -0.464 e. The summed E-state index contributed by atoms with van der Waals surface area (Å²) in [5.74, 6) is -0.714. The Morgan fingerprint density at radius 2 is 2.33 bits per heavy atom. The first-order valence-corrected chi connectivity index (χ1v) is 4.68. The second-order valence-corrected chi connectivity index (χ2v) is 3.03. The Labute approximate surface area is 87.5 Å². The van der Waals surface area contributed by atoms with E-state index in [2.05, 4.69) is 4.74 Å². The van der Waals surface area contributed by atoms with Crippen LogP contribution in [-0.4, -0.2) is 17.7 Å². The number of carbonyl (C=O) groups is 1. The summed E-state index contributed by atoms with van der Waals surface area (Å²) >= 11 is 0. The number of ether oxygens (including phenoxy) is 1. The van der Waals surface area contributed by atoms with Crippen molar-refractivity contribution in [1.29, 1.82) is 0 Å². The van der Waals surface area contributed by atoms with Gasteiger partial charge in [-0.25, -0.2) is 9.18 Å². The van der Waals surface area contributed by atoms with Gasteiger partial charge in [-0.3, -0.25) is 0 Å². The first-order valence-electron chi connectivity index (χ1n) is 4.68. The Hall–Kier alpha value is -1.42. The highest BCUT2D eigenvalue weighted by atomic mass is 19.1. The minimum atomic E-state index is -1.34. The number of esters is 1. The summed E-state index contributed by atoms with van der Waals surface area (Å²) in [6.07, 6.45) is -1.34. The van der Waals surface area contributed by atoms with Crippen LogP contribution in [-0.2, 0) is 16.2 Å². The Bertz CT molecular complexity index is 338. The molecule has 0 heterocycles. The molecule has 3 nitrogen and oxygen atoms in total. The third-order valence-corrected chi connectivity index (χ3v) is 1.93. The molecule has 0 amide bonds. The fourth-order valence-electron chi connectivity index (χ4n) is 1.20. The van der Waals surface area contributed by atoms with Gasteiger partial charge in [-0.05, 0) is 24.1 Å². The maximum absolute atomic E-state index is 12.3. The lowest BCUT2D eigenvalue weighted by atomic mass is 10.1. The number of hydrogen-bond donors (Lipinski definition) is 1. The zero-order valence-corrected chi connectivity index (χ0v) is 8.44. The largest absolute Gasteiger partial charge is 0.464 e. The molecule has 1 rings (SSSR count). The molecule has 1 aromatic carbocycles. The van der Waals surface area contributed by atoms with Crippen LogP contribution in [0.4, 0.5) is 4.39 Å². The summed E-state index contributed by atoms with van der Waals surface area (Å²) in [6, 6.07) is 6.18. The molecule has 82 valence electrons. The summed E-state index contributed by atoms with van der Waals surface area (Å²) in [5.41, 5.74) is 0.777. The maximum Gasteiger partial charge on any atom is 0.339 e. The monoisotopic (exact) mass is 212 g/mol. The molecule has 1 unspecified atom stereocenters. The van der Waals surface area contributed by atoms with E-state index in [-0.39, 0.29) is 6.61 Å². The second kappa shape index (κ2) is 5.46. The molecule has 0 saturated carbocycles. The summed E-state index contributed by atoms with van der Waals surface area (Å²) in [5, 5.41) is 9.54. The highest BCUT2D eigenvalue weighted by molar-refractivity contribution is 5.76. The van der Waals surface area contributed by atoms with Gasteiger partial charge in [0, 0.05) is 0 Å². The molecule has 0 bridgehead atoms. The third kappa shape index (κ3) is 3.02. The Morgan fingerprint density at radius 3 is 2.93 bits per heavy atom. The summed E-state index contributed by atoms with van der Waals surface area (Å²) in [4.78, 5) is 11.2. The Morgan fingerprint density at radius 1 is 1.60 bits per heavy atom. The molecule has 1 atom stereocenters. The van der Waals surface area contributed by atoms with Crippen LogP contribution >= 0.6 is 0 Å². The zero-order valence-electron chi connectivity index (χ0n) is 8.44. The summed E-state index contributed by atoms with van der Waals surface area (Å²) in [6.45, 7) is 1.24. The SMILES string of the molecule is CCOC(=O)C(O)c1cccc(CF)c1. The van der Waals surface area contributed by atoms with E-state index in [0.29, 0.717) is 11.1 Å². The van der Waals surface area contributed by atoms with Crippen molar-refractivity contribution in [3.8, 4) is 0 Å². The summed E-state index contributed by atoms with van der Waals surface area (Å²) in [7, 11) is 0. The quantitative estimate of drug-likeness (QED) is 0.773. The minimum absolute atomic E-state index is 0.207. The number of benzene rings is 1. The van der Waals surface area contributed by atoms with E-state index in [1.54, 1.807) is 25.1 Å². The van der Waals surface area contributed by atoms with Crippen molar-refractivity contribution in [2.24, 2.45) is 0 Å². The molecule has 0 aliphatic rings. The van der Waals surface area contributed by atoms with Crippen LogP contribution in [0, 0.1) is 0 Å². The lowest BCUT2D eigenvalue weighted by Gasteiger charge is -2.10. The predicted octanol–water partition coefficient (Wildman–Crippen LogP) is 1.75. The molecule has 0 saturated heterocycles. The van der Waals surface area contributed by atoms with Gasteiger partial charge in [0.15, 0.2) is 6.10 Å². The first-order chi connectivity index (χ1) is 7.19. The Kier molecular flexibility index (Phi) is 4.24. The average molecular weight is 212 g/mol. The Balaban J connectivity index is 2.81. The molecule has 1 aromatic rings. The van der Waals surface area contributed by atoms with Gasteiger partial charge < -0.3 is 9.84 Å². The average Bonchev–Trinajstić information content (AvgIpc) is 2.28. The van der Waals surface area contributed by atoms with E-state index in [0.717, 1.165) is 0 Å². The van der Waals surface area contributed by atoms with E-state index in [4.69, 9.17) is 0 Å². The van der Waals surface area contributed by atoms with Gasteiger partial charge in [0.25, 0.3) is 0 Å². The van der Waals surface area contributed by atoms with Crippen LogP contribution in [0.25, 0.3) is 0 Å². The number of rotatable bonds is 4. The van der Waals surface area contributed by atoms with Crippen LogP contribution in [0.3, 0.4) is 0 Å². The van der Waals surface area contributed by atoms with E-state index < -0.39 is 18.7 Å². The van der Waals surface area contributed by atoms with Crippen LogP contribution in [0.1, 0.15) is 24.2 Å². The number of aliphatic hydroxyl groups is 1. The molecule has 0 radical (unpaired) electrons. The molecular formula is C11H13FO3. The van der Waals surface area contributed by atoms with Gasteiger partial charge in [-0.15, -0.1) is 0 Å². The third-order valence-electron chi connectivity index (χ3n) is 1.93. The number of carbonyl (C=O) groups excluding carboxylic acids is 1. The summed E-state index contributed by atoms with van der Waals surface area (Å²) < 4.78 is 17.0. The van der Waals surface area contributed by atoms with Crippen LogP contribution < -0.4 is 0 Å². The van der Waals surface area contributed by atoms with E-state index in [1.807, 2.05) is 0 Å². The standard InChI is InChI=1S/C11H13FO3/c1-2-15-11(14)10(13)9-5-3-4-8(6-9)7-12/h3-6,10,13H,2,7H2,1H3. The highest BCUT2D eigenvalue weighted by Crippen LogP contribution is 2.16. The normalized spacial score (nSPS) is 12.2. The van der Waals surface area contributed by atoms with E-state index in [9.17, 15) is 14.3 Å². The molecule has 0 spiro atoms. The fourth-order valence-corrected chi connectivity index (χ4v) is 1.20. The number of alkyl halides is 1. The van der Waals surface area contributed by atoms with Gasteiger partial charge >= 0.3 is 5.97 Å². The number of hydrogen-bond acceptors (Lipinski definition) is 3. The number of halogens is 1. The van der Waals surface area contributed by atoms with Gasteiger partial charge in [0.1, 0.15) is 6.67 Å². The molecule has 1 N–H and O–H groups in total. The van der Waals surface area contributed by atoms with Crippen molar-refractivity contribution in [3.63, 3.8) is 0 Å². The lowest BCUT2D eigenvalue weighted by molar-refractivity contribution is -0.153. The topological polar surface area (TPSA) is 46.5 Å². The smallest absolute Gasteiger partial charge is 0.339 e. The number of aliphatic hydroxyl groups excluding tert-OH is 1. The molecule has 0 aromatic heterocycles. The fraction of sp³-hybridized carbons (Fsp3) is 0.364.